The fourth-order valence-electron chi connectivity index (χ4n) is 2.69. The predicted octanol–water partition coefficient (Wildman–Crippen LogP) is 4.36. The quantitative estimate of drug-likeness (QED) is 0.608. The van der Waals surface area contributed by atoms with Crippen LogP contribution >= 0.6 is 0 Å². The van der Waals surface area contributed by atoms with Crippen molar-refractivity contribution in [2.24, 2.45) is 11.8 Å². The van der Waals surface area contributed by atoms with Crippen molar-refractivity contribution in [3.05, 3.63) is 36.0 Å². The highest BCUT2D eigenvalue weighted by molar-refractivity contribution is 6.19. The Balaban J connectivity index is 2.30. The summed E-state index contributed by atoms with van der Waals surface area (Å²) in [7, 11) is 5.50. The van der Waals surface area contributed by atoms with Gasteiger partial charge in [-0.2, -0.15) is 13.2 Å². The zero-order chi connectivity index (χ0) is 13.4. The van der Waals surface area contributed by atoms with Gasteiger partial charge in [-0.25, -0.2) is 0 Å². The summed E-state index contributed by atoms with van der Waals surface area (Å²) in [5.41, 5.74) is 0.726. The summed E-state index contributed by atoms with van der Waals surface area (Å²) >= 11 is 0. The van der Waals surface area contributed by atoms with Crippen LogP contribution in [0.2, 0.25) is 5.31 Å². The molecule has 2 radical (unpaired) electrons. The zero-order valence-electron chi connectivity index (χ0n) is 10.4. The second-order valence-corrected chi connectivity index (χ2v) is 5.41. The summed E-state index contributed by atoms with van der Waals surface area (Å²) in [6, 6.07) is 0. The molecule has 2 rings (SSSR count). The van der Waals surface area contributed by atoms with Crippen LogP contribution in [-0.4, -0.2) is 14.0 Å². The maximum absolute atomic E-state index is 13.0. The number of allylic oxidation sites excluding steroid dienone is 6. The largest absolute Gasteiger partial charge is 0.393 e. The summed E-state index contributed by atoms with van der Waals surface area (Å²) in [4.78, 5) is 0. The van der Waals surface area contributed by atoms with Crippen LogP contribution in [0.5, 0.6) is 0 Å². The lowest BCUT2D eigenvalue weighted by Crippen LogP contribution is -2.28. The van der Waals surface area contributed by atoms with E-state index >= 15 is 0 Å². The van der Waals surface area contributed by atoms with E-state index < -0.39 is 11.5 Å². The third-order valence-electron chi connectivity index (χ3n) is 3.83. The highest BCUT2D eigenvalue weighted by Crippen LogP contribution is 2.48. The highest BCUT2D eigenvalue weighted by Gasteiger charge is 2.47. The van der Waals surface area contributed by atoms with E-state index in [4.69, 9.17) is 7.85 Å². The van der Waals surface area contributed by atoms with Crippen molar-refractivity contribution in [2.75, 3.05) is 0 Å². The molecule has 0 heterocycles. The van der Waals surface area contributed by atoms with Gasteiger partial charge in [0.25, 0.3) is 0 Å². The fraction of sp³-hybridized carbons (Fsp3) is 0.571. The maximum Gasteiger partial charge on any atom is 0.393 e. The fourth-order valence-corrected chi connectivity index (χ4v) is 2.69. The molecule has 1 fully saturated rings. The first kappa shape index (κ1) is 13.5. The Labute approximate surface area is 107 Å². The predicted molar refractivity (Wildman–Crippen MR) is 67.4 cm³/mol. The van der Waals surface area contributed by atoms with Gasteiger partial charge in [0.05, 0.1) is 13.2 Å². The molecule has 0 aromatic heterocycles. The van der Waals surface area contributed by atoms with Crippen LogP contribution in [-0.2, 0) is 0 Å². The lowest BCUT2D eigenvalue weighted by molar-refractivity contribution is -0.142. The van der Waals surface area contributed by atoms with E-state index in [0.29, 0.717) is 5.92 Å². The molecule has 0 amide bonds. The standard InChI is InChI=1S/C14H16BF3/c1-10-5-6-11(8-10)12-4-2-3-7-13(15,9-12)14(16,17)18/h2-4,7,9-11H,5-6,8H2,1H3. The van der Waals surface area contributed by atoms with Gasteiger partial charge in [-0.3, -0.25) is 0 Å². The summed E-state index contributed by atoms with van der Waals surface area (Å²) < 4.78 is 39.0. The molecule has 2 aliphatic carbocycles. The third-order valence-corrected chi connectivity index (χ3v) is 3.83. The number of hydrogen-bond donors (Lipinski definition) is 0. The second kappa shape index (κ2) is 4.63. The number of halogens is 3. The first-order valence-corrected chi connectivity index (χ1v) is 6.26. The van der Waals surface area contributed by atoms with Crippen molar-refractivity contribution in [2.45, 2.75) is 37.7 Å². The van der Waals surface area contributed by atoms with E-state index in [2.05, 4.69) is 6.92 Å². The smallest absolute Gasteiger partial charge is 0.171 e. The van der Waals surface area contributed by atoms with Crippen LogP contribution in [0.3, 0.4) is 0 Å². The molecule has 3 atom stereocenters. The van der Waals surface area contributed by atoms with Crippen molar-refractivity contribution in [1.82, 2.24) is 0 Å². The molecule has 0 spiro atoms. The molecule has 0 N–H and O–H groups in total. The van der Waals surface area contributed by atoms with Gasteiger partial charge in [-0.1, -0.05) is 43.7 Å². The Bertz CT molecular complexity index is 406. The number of hydrogen-bond acceptors (Lipinski definition) is 0. The van der Waals surface area contributed by atoms with Crippen LogP contribution in [0.4, 0.5) is 13.2 Å². The topological polar surface area (TPSA) is 0 Å². The van der Waals surface area contributed by atoms with E-state index in [9.17, 15) is 13.2 Å². The van der Waals surface area contributed by atoms with E-state index in [0.717, 1.165) is 30.9 Å². The molecule has 3 unspecified atom stereocenters. The summed E-state index contributed by atoms with van der Waals surface area (Å²) in [5, 5.41) is -2.34. The molecule has 96 valence electrons. The van der Waals surface area contributed by atoms with E-state index in [-0.39, 0.29) is 5.92 Å². The second-order valence-electron chi connectivity index (χ2n) is 5.41. The van der Waals surface area contributed by atoms with Crippen LogP contribution in [0.15, 0.2) is 36.0 Å². The monoisotopic (exact) mass is 252 g/mol. The van der Waals surface area contributed by atoms with Gasteiger partial charge in [0.15, 0.2) is 0 Å². The average Bonchev–Trinajstić information content (AvgIpc) is 2.57. The van der Waals surface area contributed by atoms with Crippen LogP contribution in [0, 0.1) is 11.8 Å². The molecule has 2 aliphatic rings. The van der Waals surface area contributed by atoms with Crippen molar-refractivity contribution in [1.29, 1.82) is 0 Å². The van der Waals surface area contributed by atoms with E-state index in [1.807, 2.05) is 0 Å². The van der Waals surface area contributed by atoms with Crippen molar-refractivity contribution in [3.63, 3.8) is 0 Å². The minimum Gasteiger partial charge on any atom is -0.171 e. The Hall–Kier alpha value is -0.925. The molecule has 18 heavy (non-hydrogen) atoms. The SMILES string of the molecule is [B]C1(C(F)(F)F)C=CC=CC(C2CCC(C)C2)=C1. The molecule has 0 saturated heterocycles. The summed E-state index contributed by atoms with van der Waals surface area (Å²) in [6.07, 6.45) is 5.53. The number of alkyl halides is 3. The molecular weight excluding hydrogens is 236 g/mol. The summed E-state index contributed by atoms with van der Waals surface area (Å²) in [6.45, 7) is 2.14. The van der Waals surface area contributed by atoms with Gasteiger partial charge in [0, 0.05) is 0 Å². The molecule has 1 saturated carbocycles. The van der Waals surface area contributed by atoms with Gasteiger partial charge < -0.3 is 0 Å². The lowest BCUT2D eigenvalue weighted by atomic mass is 9.66. The molecule has 0 aliphatic heterocycles. The van der Waals surface area contributed by atoms with Crippen LogP contribution in [0.25, 0.3) is 0 Å². The average molecular weight is 252 g/mol. The highest BCUT2D eigenvalue weighted by atomic mass is 19.4. The number of rotatable bonds is 1. The normalized spacial score (nSPS) is 36.6. The molecule has 0 bridgehead atoms. The maximum atomic E-state index is 13.0. The minimum absolute atomic E-state index is 0.210. The zero-order valence-corrected chi connectivity index (χ0v) is 10.4. The first-order chi connectivity index (χ1) is 8.32. The summed E-state index contributed by atoms with van der Waals surface area (Å²) in [5.74, 6) is 0.792. The van der Waals surface area contributed by atoms with E-state index in [1.165, 1.54) is 12.2 Å². The van der Waals surface area contributed by atoms with Gasteiger partial charge in [0.1, 0.15) is 0 Å². The molecule has 0 aromatic rings. The van der Waals surface area contributed by atoms with Gasteiger partial charge in [-0.15, -0.1) is 0 Å². The molecule has 0 aromatic carbocycles. The van der Waals surface area contributed by atoms with Gasteiger partial charge in [-0.05, 0) is 30.3 Å². The minimum atomic E-state index is -4.45. The van der Waals surface area contributed by atoms with Crippen LogP contribution in [0.1, 0.15) is 26.2 Å². The Morgan fingerprint density at radius 2 is 2.00 bits per heavy atom. The lowest BCUT2D eigenvalue weighted by Gasteiger charge is -2.27. The van der Waals surface area contributed by atoms with Crippen LogP contribution < -0.4 is 0 Å². The Morgan fingerprint density at radius 1 is 1.28 bits per heavy atom. The Morgan fingerprint density at radius 3 is 2.56 bits per heavy atom. The van der Waals surface area contributed by atoms with Gasteiger partial charge in [0.2, 0.25) is 0 Å². The molecule has 4 heteroatoms. The van der Waals surface area contributed by atoms with Gasteiger partial charge >= 0.3 is 6.18 Å². The third kappa shape index (κ3) is 2.57. The van der Waals surface area contributed by atoms with Crippen molar-refractivity contribution >= 4 is 7.85 Å². The first-order valence-electron chi connectivity index (χ1n) is 6.26. The van der Waals surface area contributed by atoms with Crippen molar-refractivity contribution < 1.29 is 13.2 Å². The van der Waals surface area contributed by atoms with E-state index in [1.54, 1.807) is 12.2 Å². The molecule has 0 nitrogen and oxygen atoms in total. The van der Waals surface area contributed by atoms with Crippen molar-refractivity contribution in [3.8, 4) is 0 Å². The Kier molecular flexibility index (Phi) is 3.48. The molecular formula is C14H16BF3.